The van der Waals surface area contributed by atoms with E-state index in [0.717, 1.165) is 24.8 Å². The Kier molecular flexibility index (Phi) is 3.74. The van der Waals surface area contributed by atoms with Crippen LogP contribution < -0.4 is 5.32 Å². The Bertz CT molecular complexity index is 705. The third-order valence-corrected chi connectivity index (χ3v) is 5.37. The number of rotatable bonds is 2. The van der Waals surface area contributed by atoms with Crippen LogP contribution in [0.4, 0.5) is 9.93 Å². The molecular formula is C16H18N4O2S. The number of benzene rings is 1. The molecule has 6 nitrogen and oxygen atoms in total. The molecular weight excluding hydrogens is 312 g/mol. The van der Waals surface area contributed by atoms with E-state index in [9.17, 15) is 9.90 Å². The smallest absolute Gasteiger partial charge is 0.324 e. The largest absolute Gasteiger partial charge is 0.391 e. The second-order valence-corrected chi connectivity index (χ2v) is 6.85. The third kappa shape index (κ3) is 2.70. The Morgan fingerprint density at radius 2 is 2.09 bits per heavy atom. The van der Waals surface area contributed by atoms with E-state index in [0.29, 0.717) is 23.4 Å². The molecule has 1 saturated carbocycles. The molecule has 2 heterocycles. The minimum atomic E-state index is -0.400. The van der Waals surface area contributed by atoms with Gasteiger partial charge in [0.1, 0.15) is 0 Å². The minimum Gasteiger partial charge on any atom is -0.391 e. The fourth-order valence-corrected chi connectivity index (χ4v) is 4.23. The summed E-state index contributed by atoms with van der Waals surface area (Å²) in [6.45, 7) is 0.697. The van der Waals surface area contributed by atoms with Crippen molar-refractivity contribution in [3.8, 4) is 11.4 Å². The van der Waals surface area contributed by atoms with Crippen molar-refractivity contribution >= 4 is 22.7 Å². The van der Waals surface area contributed by atoms with E-state index in [-0.39, 0.29) is 12.1 Å². The lowest BCUT2D eigenvalue weighted by molar-refractivity contribution is 0.101. The van der Waals surface area contributed by atoms with Gasteiger partial charge in [0, 0.05) is 23.6 Å². The van der Waals surface area contributed by atoms with E-state index in [2.05, 4.69) is 14.7 Å². The number of amides is 2. The zero-order valence-electron chi connectivity index (χ0n) is 12.6. The predicted molar refractivity (Wildman–Crippen MR) is 88.2 cm³/mol. The molecule has 1 aromatic heterocycles. The molecule has 4 rings (SSSR count). The van der Waals surface area contributed by atoms with Crippen LogP contribution in [-0.2, 0) is 0 Å². The highest BCUT2D eigenvalue weighted by atomic mass is 32.1. The van der Waals surface area contributed by atoms with Crippen molar-refractivity contribution in [2.24, 2.45) is 5.92 Å². The average Bonchev–Trinajstić information content (AvgIpc) is 3.26. The molecule has 120 valence electrons. The second-order valence-electron chi connectivity index (χ2n) is 6.10. The van der Waals surface area contributed by atoms with Crippen molar-refractivity contribution in [2.75, 3.05) is 11.9 Å². The van der Waals surface area contributed by atoms with Gasteiger partial charge in [0.05, 0.1) is 12.1 Å². The van der Waals surface area contributed by atoms with Crippen LogP contribution in [0.1, 0.15) is 19.3 Å². The lowest BCUT2D eigenvalue weighted by Crippen LogP contribution is -2.44. The summed E-state index contributed by atoms with van der Waals surface area (Å²) in [6.07, 6.45) is 2.37. The van der Waals surface area contributed by atoms with E-state index in [1.54, 1.807) is 4.90 Å². The molecule has 2 fully saturated rings. The Balaban J connectivity index is 1.46. The number of nitrogens with zero attached hydrogens (tertiary/aromatic N) is 3. The summed E-state index contributed by atoms with van der Waals surface area (Å²) in [6, 6.07) is 9.45. The number of hydrogen-bond acceptors (Lipinski definition) is 5. The van der Waals surface area contributed by atoms with Crippen molar-refractivity contribution < 1.29 is 9.90 Å². The monoisotopic (exact) mass is 330 g/mol. The first-order chi connectivity index (χ1) is 11.2. The first-order valence-electron chi connectivity index (χ1n) is 7.87. The molecule has 2 aromatic rings. The summed E-state index contributed by atoms with van der Waals surface area (Å²) in [5, 5.41) is 13.4. The topological polar surface area (TPSA) is 78.4 Å². The molecule has 0 unspecified atom stereocenters. The highest BCUT2D eigenvalue weighted by Gasteiger charge is 2.45. The van der Waals surface area contributed by atoms with Crippen LogP contribution in [0.3, 0.4) is 0 Å². The molecule has 2 amide bonds. The van der Waals surface area contributed by atoms with Crippen LogP contribution in [0.2, 0.25) is 0 Å². The van der Waals surface area contributed by atoms with Gasteiger partial charge in [-0.05, 0) is 25.2 Å². The van der Waals surface area contributed by atoms with E-state index in [1.165, 1.54) is 11.5 Å². The van der Waals surface area contributed by atoms with Crippen molar-refractivity contribution in [2.45, 2.75) is 31.4 Å². The number of aliphatic hydroxyl groups is 1. The standard InChI is InChI=1S/C16H18N4O2S/c21-12-7-6-10-8-9-20(13(10)12)16(22)18-15-17-14(19-23-15)11-4-2-1-3-5-11/h1-5,10,12-13,21H,6-9H2,(H,17,18,19,22)/t10-,12+,13+/m0/s1. The summed E-state index contributed by atoms with van der Waals surface area (Å²) < 4.78 is 4.30. The Labute approximate surface area is 138 Å². The van der Waals surface area contributed by atoms with Crippen molar-refractivity contribution in [3.63, 3.8) is 0 Å². The summed E-state index contributed by atoms with van der Waals surface area (Å²) in [4.78, 5) is 18.6. The lowest BCUT2D eigenvalue weighted by Gasteiger charge is -2.26. The van der Waals surface area contributed by atoms with Gasteiger partial charge in [0.15, 0.2) is 5.82 Å². The van der Waals surface area contributed by atoms with Crippen molar-refractivity contribution in [3.05, 3.63) is 30.3 Å². The number of carbonyl (C=O) groups excluding carboxylic acids is 1. The molecule has 1 aromatic carbocycles. The Morgan fingerprint density at radius 3 is 2.91 bits per heavy atom. The van der Waals surface area contributed by atoms with Gasteiger partial charge < -0.3 is 10.0 Å². The molecule has 2 N–H and O–H groups in total. The van der Waals surface area contributed by atoms with Crippen molar-refractivity contribution in [1.29, 1.82) is 0 Å². The van der Waals surface area contributed by atoms with E-state index >= 15 is 0 Å². The minimum absolute atomic E-state index is 0.0449. The quantitative estimate of drug-likeness (QED) is 0.887. The number of anilines is 1. The molecule has 0 spiro atoms. The first kappa shape index (κ1) is 14.6. The number of hydrogen-bond donors (Lipinski definition) is 2. The van der Waals surface area contributed by atoms with Gasteiger partial charge in [-0.15, -0.1) is 0 Å². The highest BCUT2D eigenvalue weighted by molar-refractivity contribution is 7.10. The lowest BCUT2D eigenvalue weighted by atomic mass is 10.0. The SMILES string of the molecule is O=C(Nc1nc(-c2ccccc2)ns1)N1CC[C@@H]2CC[C@@H](O)[C@@H]21. The number of likely N-dealkylation sites (tertiary alicyclic amines) is 1. The van der Waals surface area contributed by atoms with Gasteiger partial charge in [-0.3, -0.25) is 5.32 Å². The molecule has 23 heavy (non-hydrogen) atoms. The van der Waals surface area contributed by atoms with Gasteiger partial charge in [-0.25, -0.2) is 4.79 Å². The first-order valence-corrected chi connectivity index (χ1v) is 8.64. The number of urea groups is 1. The number of nitrogens with one attached hydrogen (secondary N) is 1. The molecule has 3 atom stereocenters. The maximum Gasteiger partial charge on any atom is 0.324 e. The van der Waals surface area contributed by atoms with E-state index in [1.807, 2.05) is 30.3 Å². The Morgan fingerprint density at radius 1 is 1.26 bits per heavy atom. The van der Waals surface area contributed by atoms with Gasteiger partial charge in [0.2, 0.25) is 5.13 Å². The number of carbonyl (C=O) groups is 1. The molecule has 0 bridgehead atoms. The van der Waals surface area contributed by atoms with E-state index < -0.39 is 6.10 Å². The fourth-order valence-electron chi connectivity index (χ4n) is 3.65. The number of aliphatic hydroxyl groups excluding tert-OH is 1. The Hall–Kier alpha value is -1.99. The molecule has 1 saturated heterocycles. The van der Waals surface area contributed by atoms with Crippen molar-refractivity contribution in [1.82, 2.24) is 14.3 Å². The summed E-state index contributed by atoms with van der Waals surface area (Å²) >= 11 is 1.18. The summed E-state index contributed by atoms with van der Waals surface area (Å²) in [7, 11) is 0. The van der Waals surface area contributed by atoms with Gasteiger partial charge in [0.25, 0.3) is 0 Å². The maximum atomic E-state index is 12.5. The molecule has 7 heteroatoms. The van der Waals surface area contributed by atoms with Crippen LogP contribution in [-0.4, -0.2) is 44.1 Å². The van der Waals surface area contributed by atoms with E-state index in [4.69, 9.17) is 0 Å². The predicted octanol–water partition coefficient (Wildman–Crippen LogP) is 2.58. The zero-order chi connectivity index (χ0) is 15.8. The van der Waals surface area contributed by atoms with Crippen LogP contribution in [0, 0.1) is 5.92 Å². The van der Waals surface area contributed by atoms with Crippen LogP contribution in [0.15, 0.2) is 30.3 Å². The van der Waals surface area contributed by atoms with Gasteiger partial charge >= 0.3 is 6.03 Å². The van der Waals surface area contributed by atoms with Gasteiger partial charge in [-0.2, -0.15) is 9.36 Å². The number of aromatic nitrogens is 2. The van der Waals surface area contributed by atoms with Gasteiger partial charge in [-0.1, -0.05) is 30.3 Å². The maximum absolute atomic E-state index is 12.5. The van der Waals surface area contributed by atoms with Crippen LogP contribution in [0.25, 0.3) is 11.4 Å². The average molecular weight is 330 g/mol. The number of fused-ring (bicyclic) bond motifs is 1. The normalized spacial score (nSPS) is 26.3. The molecule has 1 aliphatic carbocycles. The fraction of sp³-hybridized carbons (Fsp3) is 0.438. The second kappa shape index (κ2) is 5.90. The molecule has 2 aliphatic rings. The van der Waals surface area contributed by atoms with Crippen LogP contribution >= 0.6 is 11.5 Å². The highest BCUT2D eigenvalue weighted by Crippen LogP contribution is 2.38. The van der Waals surface area contributed by atoms with Crippen LogP contribution in [0.5, 0.6) is 0 Å². The summed E-state index contributed by atoms with van der Waals surface area (Å²) in [5.74, 6) is 1.05. The third-order valence-electron chi connectivity index (χ3n) is 4.74. The molecule has 1 aliphatic heterocycles. The summed E-state index contributed by atoms with van der Waals surface area (Å²) in [5.41, 5.74) is 0.928. The zero-order valence-corrected chi connectivity index (χ0v) is 13.4. The molecule has 0 radical (unpaired) electrons.